The van der Waals surface area contributed by atoms with Gasteiger partial charge in [0.1, 0.15) is 19.0 Å². The second kappa shape index (κ2) is 12.1. The first kappa shape index (κ1) is 27.5. The van der Waals surface area contributed by atoms with Crippen molar-refractivity contribution >= 4 is 13.9 Å². The average Bonchev–Trinajstić information content (AvgIpc) is 2.78. The van der Waals surface area contributed by atoms with Crippen LogP contribution in [0.4, 0.5) is 5.69 Å². The summed E-state index contributed by atoms with van der Waals surface area (Å²) in [6.07, 6.45) is 0. The quantitative estimate of drug-likeness (QED) is 0.214. The van der Waals surface area contributed by atoms with Gasteiger partial charge >= 0.3 is 8.25 Å². The molecule has 6 heteroatoms. The molecule has 3 rings (SSSR count). The first-order chi connectivity index (χ1) is 15.9. The Labute approximate surface area is 204 Å². The lowest BCUT2D eigenvalue weighted by atomic mass is 9.79. The maximum absolute atomic E-state index is 11.5. The van der Waals surface area contributed by atoms with Crippen LogP contribution < -0.4 is 5.73 Å². The Balaban J connectivity index is 0.000000242. The van der Waals surface area contributed by atoms with Gasteiger partial charge in [0.15, 0.2) is 0 Å². The van der Waals surface area contributed by atoms with Gasteiger partial charge in [0.2, 0.25) is 0 Å². The average molecular weight is 483 g/mol. The van der Waals surface area contributed by atoms with Crippen molar-refractivity contribution in [3.05, 3.63) is 95.1 Å². The van der Waals surface area contributed by atoms with Crippen LogP contribution in [0.25, 0.3) is 0 Å². The maximum Gasteiger partial charge on any atom is 0.698 e. The number of nitrogens with two attached hydrogens (primary N) is 1. The summed E-state index contributed by atoms with van der Waals surface area (Å²) in [6.45, 7) is 13.1. The van der Waals surface area contributed by atoms with Crippen molar-refractivity contribution in [1.29, 1.82) is 0 Å². The number of anilines is 1. The molecule has 3 N–H and O–H groups in total. The smallest absolute Gasteiger partial charge is 0.507 e. The third-order valence-corrected chi connectivity index (χ3v) is 5.79. The summed E-state index contributed by atoms with van der Waals surface area (Å²) in [4.78, 5) is 0. The van der Waals surface area contributed by atoms with Crippen LogP contribution in [0.1, 0.15) is 63.8 Å². The molecule has 0 saturated carbocycles. The lowest BCUT2D eigenvalue weighted by Gasteiger charge is -2.27. The minimum Gasteiger partial charge on any atom is -0.507 e. The molecule has 0 aliphatic rings. The predicted octanol–water partition coefficient (Wildman–Crippen LogP) is 7.65. The SMILES string of the molecule is CC(C)(C)c1cc(N)cc(C(C)(C)C)c1O.O=[P+](OCc1ccccc1)OCc1ccccc1. The lowest BCUT2D eigenvalue weighted by molar-refractivity contribution is 0.213. The molecular formula is C28H37NO4P+. The molecule has 0 heterocycles. The van der Waals surface area contributed by atoms with Gasteiger partial charge < -0.3 is 10.8 Å². The summed E-state index contributed by atoms with van der Waals surface area (Å²) in [5.41, 5.74) is 10.2. The summed E-state index contributed by atoms with van der Waals surface area (Å²) >= 11 is 0. The minimum atomic E-state index is -2.08. The fourth-order valence-corrected chi connectivity index (χ4v) is 3.82. The molecule has 0 saturated heterocycles. The molecule has 5 nitrogen and oxygen atoms in total. The van der Waals surface area contributed by atoms with Gasteiger partial charge in [-0.05, 0) is 34.1 Å². The van der Waals surface area contributed by atoms with Crippen LogP contribution in [-0.2, 0) is 37.7 Å². The molecule has 182 valence electrons. The number of rotatable bonds is 6. The van der Waals surface area contributed by atoms with Crippen LogP contribution in [0.3, 0.4) is 0 Å². The van der Waals surface area contributed by atoms with E-state index in [0.717, 1.165) is 22.3 Å². The fraction of sp³-hybridized carbons (Fsp3) is 0.357. The van der Waals surface area contributed by atoms with Crippen LogP contribution in [0, 0.1) is 0 Å². The highest BCUT2D eigenvalue weighted by Gasteiger charge is 2.26. The number of phenolic OH excluding ortho intramolecular Hbond substituents is 1. The van der Waals surface area contributed by atoms with E-state index in [0.29, 0.717) is 24.7 Å². The standard InChI is InChI=1S/C14H23NO.C14H14O3P/c1-13(2,3)10-7-9(15)8-11(12(10)16)14(4,5)6;15-18(16-11-13-7-3-1-4-8-13)17-12-14-9-5-2-6-10-14/h7-8,16H,15H2,1-6H3;1-10H,11-12H2/q;+1. The van der Waals surface area contributed by atoms with E-state index in [1.807, 2.05) is 72.8 Å². The topological polar surface area (TPSA) is 81.8 Å². The van der Waals surface area contributed by atoms with E-state index in [2.05, 4.69) is 41.5 Å². The molecule has 0 aromatic heterocycles. The van der Waals surface area contributed by atoms with Crippen molar-refractivity contribution in [2.24, 2.45) is 0 Å². The van der Waals surface area contributed by atoms with Gasteiger partial charge in [-0.3, -0.25) is 0 Å². The minimum absolute atomic E-state index is 0.0978. The zero-order valence-corrected chi connectivity index (χ0v) is 21.9. The molecule has 0 fully saturated rings. The predicted molar refractivity (Wildman–Crippen MR) is 140 cm³/mol. The summed E-state index contributed by atoms with van der Waals surface area (Å²) in [5, 5.41) is 10.3. The summed E-state index contributed by atoms with van der Waals surface area (Å²) in [5.74, 6) is 0.384. The van der Waals surface area contributed by atoms with Gasteiger partial charge in [0.25, 0.3) is 0 Å². The third kappa shape index (κ3) is 8.90. The largest absolute Gasteiger partial charge is 0.698 e. The summed E-state index contributed by atoms with van der Waals surface area (Å²) in [6, 6.07) is 22.9. The fourth-order valence-electron chi connectivity index (χ4n) is 3.24. The third-order valence-electron chi connectivity index (χ3n) is 5.11. The molecule has 0 radical (unpaired) electrons. The van der Waals surface area contributed by atoms with E-state index in [9.17, 15) is 9.67 Å². The molecule has 0 aliphatic carbocycles. The Hall–Kier alpha value is -2.72. The molecule has 3 aromatic rings. The van der Waals surface area contributed by atoms with E-state index >= 15 is 0 Å². The van der Waals surface area contributed by atoms with Gasteiger partial charge in [0, 0.05) is 21.4 Å². The van der Waals surface area contributed by atoms with Crippen molar-refractivity contribution in [2.75, 3.05) is 5.73 Å². The zero-order chi connectivity index (χ0) is 25.4. The molecule has 0 unspecified atom stereocenters. The summed E-state index contributed by atoms with van der Waals surface area (Å²) in [7, 11) is -2.08. The number of nitrogen functional groups attached to an aromatic ring is 1. The molecule has 0 spiro atoms. The van der Waals surface area contributed by atoms with Crippen molar-refractivity contribution in [2.45, 2.75) is 65.6 Å². The van der Waals surface area contributed by atoms with E-state index in [1.54, 1.807) is 0 Å². The second-order valence-corrected chi connectivity index (χ2v) is 11.2. The highest BCUT2D eigenvalue weighted by atomic mass is 31.1. The van der Waals surface area contributed by atoms with Gasteiger partial charge in [-0.1, -0.05) is 102 Å². The van der Waals surface area contributed by atoms with E-state index in [4.69, 9.17) is 14.8 Å². The first-order valence-corrected chi connectivity index (χ1v) is 12.4. The Morgan fingerprint density at radius 2 is 1.09 bits per heavy atom. The molecule has 0 bridgehead atoms. The lowest BCUT2D eigenvalue weighted by Crippen LogP contribution is -2.17. The number of phenols is 1. The molecule has 0 atom stereocenters. The monoisotopic (exact) mass is 482 g/mol. The van der Waals surface area contributed by atoms with Crippen molar-refractivity contribution in [3.8, 4) is 5.75 Å². The molecular weight excluding hydrogens is 445 g/mol. The Morgan fingerprint density at radius 1 is 0.735 bits per heavy atom. The maximum atomic E-state index is 11.5. The zero-order valence-electron chi connectivity index (χ0n) is 21.0. The van der Waals surface area contributed by atoms with Crippen LogP contribution in [0.2, 0.25) is 0 Å². The van der Waals surface area contributed by atoms with Crippen molar-refractivity contribution in [3.63, 3.8) is 0 Å². The van der Waals surface area contributed by atoms with Gasteiger partial charge in [-0.2, -0.15) is 0 Å². The highest BCUT2D eigenvalue weighted by Crippen LogP contribution is 2.40. The van der Waals surface area contributed by atoms with Gasteiger partial charge in [-0.15, -0.1) is 9.05 Å². The van der Waals surface area contributed by atoms with Crippen LogP contribution >= 0.6 is 8.25 Å². The van der Waals surface area contributed by atoms with Crippen LogP contribution in [0.5, 0.6) is 5.75 Å². The van der Waals surface area contributed by atoms with E-state index < -0.39 is 8.25 Å². The van der Waals surface area contributed by atoms with Crippen LogP contribution in [0.15, 0.2) is 72.8 Å². The summed E-state index contributed by atoms with van der Waals surface area (Å²) < 4.78 is 21.8. The van der Waals surface area contributed by atoms with Crippen molar-refractivity contribution in [1.82, 2.24) is 0 Å². The number of benzene rings is 3. The molecule has 3 aromatic carbocycles. The normalized spacial score (nSPS) is 11.5. The van der Waals surface area contributed by atoms with Gasteiger partial charge in [0.05, 0.1) is 0 Å². The van der Waals surface area contributed by atoms with Crippen molar-refractivity contribution < 1.29 is 18.7 Å². The second-order valence-electron chi connectivity index (χ2n) is 10.2. The molecule has 34 heavy (non-hydrogen) atoms. The molecule has 0 aliphatic heterocycles. The Kier molecular flexibility index (Phi) is 9.81. The Morgan fingerprint density at radius 3 is 1.41 bits per heavy atom. The first-order valence-electron chi connectivity index (χ1n) is 11.3. The highest BCUT2D eigenvalue weighted by molar-refractivity contribution is 7.33. The molecule has 0 amide bonds. The van der Waals surface area contributed by atoms with E-state index in [-0.39, 0.29) is 10.8 Å². The Bertz CT molecular complexity index is 975. The van der Waals surface area contributed by atoms with Gasteiger partial charge in [-0.25, -0.2) is 0 Å². The van der Waals surface area contributed by atoms with E-state index in [1.165, 1.54) is 0 Å². The van der Waals surface area contributed by atoms with Crippen LogP contribution in [-0.4, -0.2) is 5.11 Å². The number of hydrogen-bond acceptors (Lipinski definition) is 5. The number of hydrogen-bond donors (Lipinski definition) is 2. The number of aromatic hydroxyl groups is 1.